The fourth-order valence-corrected chi connectivity index (χ4v) is 1.05. The molecular formula is C6H4Cl3NaO. The number of benzene rings is 1. The van der Waals surface area contributed by atoms with Crippen molar-refractivity contribution in [2.45, 2.75) is 0 Å². The molecule has 0 aliphatic rings. The second-order valence-electron chi connectivity index (χ2n) is 1.69. The van der Waals surface area contributed by atoms with Gasteiger partial charge in [0, 0.05) is 0 Å². The van der Waals surface area contributed by atoms with E-state index in [0.717, 1.165) is 0 Å². The first-order valence-corrected chi connectivity index (χ1v) is 3.59. The third-order valence-electron chi connectivity index (χ3n) is 1.01. The molecule has 1 N–H and O–H groups in total. The predicted octanol–water partition coefficient (Wildman–Crippen LogP) is 2.70. The second kappa shape index (κ2) is 4.80. The number of phenolic OH excluding ortho intramolecular Hbond substituents is 1. The molecule has 0 unspecified atom stereocenters. The van der Waals surface area contributed by atoms with Crippen LogP contribution in [0.5, 0.6) is 5.75 Å². The second-order valence-corrected chi connectivity index (χ2v) is 2.86. The van der Waals surface area contributed by atoms with Crippen molar-refractivity contribution in [2.24, 2.45) is 0 Å². The van der Waals surface area contributed by atoms with Gasteiger partial charge in [0.15, 0.2) is 0 Å². The van der Waals surface area contributed by atoms with Crippen molar-refractivity contribution >= 4 is 64.4 Å². The summed E-state index contributed by atoms with van der Waals surface area (Å²) in [5.41, 5.74) is 0. The minimum absolute atomic E-state index is 0. The summed E-state index contributed by atoms with van der Waals surface area (Å²) in [5.74, 6) is -0.0592. The van der Waals surface area contributed by atoms with Gasteiger partial charge in [-0.2, -0.15) is 0 Å². The van der Waals surface area contributed by atoms with Gasteiger partial charge < -0.3 is 5.11 Å². The summed E-state index contributed by atoms with van der Waals surface area (Å²) >= 11 is 16.6. The summed E-state index contributed by atoms with van der Waals surface area (Å²) < 4.78 is 0. The molecule has 5 heteroatoms. The zero-order valence-electron chi connectivity index (χ0n) is 4.74. The predicted molar refractivity (Wildman–Crippen MR) is 50.3 cm³/mol. The van der Waals surface area contributed by atoms with Crippen molar-refractivity contribution in [1.82, 2.24) is 0 Å². The van der Waals surface area contributed by atoms with E-state index in [-0.39, 0.29) is 45.4 Å². The van der Waals surface area contributed by atoms with Gasteiger partial charge in [0.2, 0.25) is 0 Å². The normalized spacial score (nSPS) is 9.00. The zero-order valence-corrected chi connectivity index (χ0v) is 7.00. The minimum atomic E-state index is -0.0592. The molecule has 1 aromatic carbocycles. The Kier molecular flexibility index (Phi) is 5.19. The molecule has 0 fully saturated rings. The molecule has 0 atom stereocenters. The van der Waals surface area contributed by atoms with Crippen LogP contribution in [0, 0.1) is 0 Å². The van der Waals surface area contributed by atoms with Crippen LogP contribution in [0.15, 0.2) is 12.1 Å². The van der Waals surface area contributed by atoms with Gasteiger partial charge >= 0.3 is 29.6 Å². The van der Waals surface area contributed by atoms with Gasteiger partial charge in [-0.25, -0.2) is 0 Å². The molecule has 11 heavy (non-hydrogen) atoms. The van der Waals surface area contributed by atoms with Crippen LogP contribution < -0.4 is 0 Å². The third-order valence-corrected chi connectivity index (χ3v) is 2.30. The number of hydrogen-bond acceptors (Lipinski definition) is 1. The molecule has 0 heterocycles. The van der Waals surface area contributed by atoms with E-state index in [1.165, 1.54) is 12.1 Å². The molecule has 1 nitrogen and oxygen atoms in total. The number of rotatable bonds is 0. The number of aromatic hydroxyl groups is 1. The summed E-state index contributed by atoms with van der Waals surface area (Å²) in [6, 6.07) is 2.86. The van der Waals surface area contributed by atoms with E-state index in [9.17, 15) is 0 Å². The Labute approximate surface area is 102 Å². The van der Waals surface area contributed by atoms with Crippen molar-refractivity contribution in [3.8, 4) is 5.75 Å². The number of halogens is 3. The Balaban J connectivity index is 0.000001000. The molecule has 0 saturated carbocycles. The van der Waals surface area contributed by atoms with Gasteiger partial charge in [-0.15, -0.1) is 0 Å². The van der Waals surface area contributed by atoms with Crippen LogP contribution >= 0.6 is 34.8 Å². The quantitative estimate of drug-likeness (QED) is 0.527. The van der Waals surface area contributed by atoms with Crippen molar-refractivity contribution in [2.75, 3.05) is 0 Å². The van der Waals surface area contributed by atoms with Gasteiger partial charge in [0.25, 0.3) is 0 Å². The molecule has 1 aromatic rings. The van der Waals surface area contributed by atoms with E-state index in [1.807, 2.05) is 0 Å². The van der Waals surface area contributed by atoms with Crippen molar-refractivity contribution < 1.29 is 5.11 Å². The Morgan fingerprint density at radius 3 is 2.00 bits per heavy atom. The Morgan fingerprint density at radius 2 is 1.55 bits per heavy atom. The molecule has 0 bridgehead atoms. The maximum atomic E-state index is 8.95. The van der Waals surface area contributed by atoms with Crippen LogP contribution in [0.1, 0.15) is 0 Å². The van der Waals surface area contributed by atoms with Crippen LogP contribution in [0.25, 0.3) is 0 Å². The molecule has 56 valence electrons. The zero-order chi connectivity index (χ0) is 7.72. The SMILES string of the molecule is Oc1ccc(Cl)c(Cl)c1Cl.[NaH]. The molecule has 1 rings (SSSR count). The van der Waals surface area contributed by atoms with Crippen LogP contribution in [0.3, 0.4) is 0 Å². The third kappa shape index (κ3) is 2.69. The summed E-state index contributed by atoms with van der Waals surface area (Å²) in [7, 11) is 0. The van der Waals surface area contributed by atoms with Gasteiger partial charge in [0.1, 0.15) is 10.8 Å². The summed E-state index contributed by atoms with van der Waals surface area (Å²) in [4.78, 5) is 0. The van der Waals surface area contributed by atoms with E-state index in [2.05, 4.69) is 0 Å². The Bertz CT molecular complexity index is 237. The Morgan fingerprint density at radius 1 is 1.00 bits per heavy atom. The first-order chi connectivity index (χ1) is 4.63. The van der Waals surface area contributed by atoms with E-state index in [1.54, 1.807) is 0 Å². The maximum absolute atomic E-state index is 8.95. The average Bonchev–Trinajstić information content (AvgIpc) is 1.93. The van der Waals surface area contributed by atoms with E-state index >= 15 is 0 Å². The first-order valence-electron chi connectivity index (χ1n) is 2.45. The molecular weight excluding hydrogens is 217 g/mol. The van der Waals surface area contributed by atoms with Gasteiger partial charge in [-0.1, -0.05) is 34.8 Å². The molecule has 0 spiro atoms. The molecule has 0 aliphatic heterocycles. The van der Waals surface area contributed by atoms with Crippen LogP contribution in [-0.2, 0) is 0 Å². The number of phenols is 1. The number of hydrogen-bond donors (Lipinski definition) is 1. The molecule has 0 aromatic heterocycles. The van der Waals surface area contributed by atoms with Crippen molar-refractivity contribution in [3.05, 3.63) is 27.2 Å². The summed E-state index contributed by atoms with van der Waals surface area (Å²) in [6.07, 6.45) is 0. The molecule has 0 amide bonds. The summed E-state index contributed by atoms with van der Waals surface area (Å²) in [5, 5.41) is 9.56. The molecule has 0 saturated heterocycles. The van der Waals surface area contributed by atoms with E-state index < -0.39 is 0 Å². The average molecular weight is 221 g/mol. The topological polar surface area (TPSA) is 20.2 Å². The van der Waals surface area contributed by atoms with Gasteiger partial charge in [-0.3, -0.25) is 0 Å². The summed E-state index contributed by atoms with van der Waals surface area (Å²) in [6.45, 7) is 0. The van der Waals surface area contributed by atoms with Gasteiger partial charge in [0.05, 0.1) is 10.0 Å². The van der Waals surface area contributed by atoms with E-state index in [0.29, 0.717) is 5.02 Å². The van der Waals surface area contributed by atoms with Crippen LogP contribution in [0.2, 0.25) is 15.1 Å². The van der Waals surface area contributed by atoms with Crippen molar-refractivity contribution in [1.29, 1.82) is 0 Å². The van der Waals surface area contributed by atoms with Crippen LogP contribution in [-0.4, -0.2) is 34.7 Å². The standard InChI is InChI=1S/C6H3Cl3O.Na.H/c7-3-1-2-4(10)6(9)5(3)8;;/h1-2,10H;;. The van der Waals surface area contributed by atoms with E-state index in [4.69, 9.17) is 39.9 Å². The fourth-order valence-electron chi connectivity index (χ4n) is 0.516. The van der Waals surface area contributed by atoms with Crippen molar-refractivity contribution in [3.63, 3.8) is 0 Å². The monoisotopic (exact) mass is 220 g/mol. The molecule has 0 radical (unpaired) electrons. The van der Waals surface area contributed by atoms with Crippen LogP contribution in [0.4, 0.5) is 0 Å². The first kappa shape index (κ1) is 11.9. The fraction of sp³-hybridized carbons (Fsp3) is 0. The Hall–Kier alpha value is 0.890. The molecule has 0 aliphatic carbocycles. The van der Waals surface area contributed by atoms with Gasteiger partial charge in [-0.05, 0) is 12.1 Å².